The molecular weight excluding hydrogens is 423 g/mol. The first-order valence-electron chi connectivity index (χ1n) is 8.14. The van der Waals surface area contributed by atoms with E-state index in [0.717, 1.165) is 0 Å². The molecule has 9 heteroatoms. The fourth-order valence-corrected chi connectivity index (χ4v) is 3.61. The van der Waals surface area contributed by atoms with Crippen molar-refractivity contribution >= 4 is 39.1 Å². The lowest BCUT2D eigenvalue weighted by atomic mass is 10.1. The first-order valence-corrected chi connectivity index (χ1v) is 10.4. The van der Waals surface area contributed by atoms with Gasteiger partial charge in [0.1, 0.15) is 5.76 Å². The first-order chi connectivity index (χ1) is 13.1. The molecule has 0 unspecified atom stereocenters. The lowest BCUT2D eigenvalue weighted by Crippen LogP contribution is -2.26. The largest absolute Gasteiger partial charge is 0.451 e. The van der Waals surface area contributed by atoms with E-state index in [1.807, 2.05) is 0 Å². The molecule has 0 spiro atoms. The highest BCUT2D eigenvalue weighted by Crippen LogP contribution is 2.31. The SMILES string of the molecule is C[C@H](NC(=O)c1ccc(-c2ccc(Cl)cc2Cl)o1)c1ccc(S(N)(=O)=O)cc1. The molecule has 0 aliphatic heterocycles. The number of benzene rings is 2. The molecule has 3 rings (SSSR count). The molecule has 0 radical (unpaired) electrons. The van der Waals surface area contributed by atoms with E-state index in [0.29, 0.717) is 26.9 Å². The third-order valence-electron chi connectivity index (χ3n) is 4.08. The summed E-state index contributed by atoms with van der Waals surface area (Å²) >= 11 is 12.1. The van der Waals surface area contributed by atoms with Crippen LogP contribution in [0.1, 0.15) is 29.1 Å². The quantitative estimate of drug-likeness (QED) is 0.616. The fraction of sp³-hybridized carbons (Fsp3) is 0.105. The van der Waals surface area contributed by atoms with Gasteiger partial charge in [-0.25, -0.2) is 13.6 Å². The van der Waals surface area contributed by atoms with Crippen molar-refractivity contribution in [3.63, 3.8) is 0 Å². The molecule has 1 aromatic heterocycles. The van der Waals surface area contributed by atoms with Gasteiger partial charge in [-0.2, -0.15) is 0 Å². The first kappa shape index (κ1) is 20.4. The molecule has 6 nitrogen and oxygen atoms in total. The van der Waals surface area contributed by atoms with E-state index in [9.17, 15) is 13.2 Å². The summed E-state index contributed by atoms with van der Waals surface area (Å²) in [5, 5.41) is 8.79. The number of nitrogens with one attached hydrogen (secondary N) is 1. The minimum atomic E-state index is -3.76. The Morgan fingerprint density at radius 1 is 1.07 bits per heavy atom. The highest BCUT2D eigenvalue weighted by atomic mass is 35.5. The molecule has 0 bridgehead atoms. The summed E-state index contributed by atoms with van der Waals surface area (Å²) in [6, 6.07) is 13.8. The molecular formula is C19H16Cl2N2O4S. The van der Waals surface area contributed by atoms with Crippen LogP contribution in [0.3, 0.4) is 0 Å². The van der Waals surface area contributed by atoms with Crippen molar-refractivity contribution in [2.45, 2.75) is 17.9 Å². The average Bonchev–Trinajstić information content (AvgIpc) is 3.11. The van der Waals surface area contributed by atoms with Crippen LogP contribution in [-0.2, 0) is 10.0 Å². The van der Waals surface area contributed by atoms with E-state index in [1.165, 1.54) is 12.1 Å². The lowest BCUT2D eigenvalue weighted by molar-refractivity contribution is 0.0912. The Bertz CT molecular complexity index is 1130. The second-order valence-electron chi connectivity index (χ2n) is 6.10. The van der Waals surface area contributed by atoms with Gasteiger partial charge in [0.05, 0.1) is 16.0 Å². The molecule has 2 aromatic carbocycles. The van der Waals surface area contributed by atoms with Crippen LogP contribution in [0.15, 0.2) is 63.9 Å². The van der Waals surface area contributed by atoms with Gasteiger partial charge in [-0.1, -0.05) is 35.3 Å². The molecule has 0 fully saturated rings. The van der Waals surface area contributed by atoms with Crippen molar-refractivity contribution in [3.8, 4) is 11.3 Å². The van der Waals surface area contributed by atoms with Crippen LogP contribution in [-0.4, -0.2) is 14.3 Å². The normalized spacial score (nSPS) is 12.6. The molecule has 0 aliphatic carbocycles. The number of primary sulfonamides is 1. The second-order valence-corrected chi connectivity index (χ2v) is 8.50. The Kier molecular flexibility index (Phi) is 5.81. The van der Waals surface area contributed by atoms with Crippen LogP contribution in [0.4, 0.5) is 0 Å². The van der Waals surface area contributed by atoms with Crippen LogP contribution in [0.5, 0.6) is 0 Å². The number of rotatable bonds is 5. The van der Waals surface area contributed by atoms with Gasteiger partial charge in [-0.15, -0.1) is 0 Å². The Balaban J connectivity index is 1.74. The van der Waals surface area contributed by atoms with Gasteiger partial charge in [0.25, 0.3) is 5.91 Å². The summed E-state index contributed by atoms with van der Waals surface area (Å²) in [7, 11) is -3.76. The maximum Gasteiger partial charge on any atom is 0.287 e. The number of carbonyl (C=O) groups is 1. The maximum atomic E-state index is 12.5. The molecule has 3 N–H and O–H groups in total. The Labute approximate surface area is 172 Å². The van der Waals surface area contributed by atoms with Gasteiger partial charge in [0.15, 0.2) is 5.76 Å². The number of halogens is 2. The van der Waals surface area contributed by atoms with Gasteiger partial charge < -0.3 is 9.73 Å². The third-order valence-corrected chi connectivity index (χ3v) is 5.56. The summed E-state index contributed by atoms with van der Waals surface area (Å²) in [6.07, 6.45) is 0. The van der Waals surface area contributed by atoms with Crippen molar-refractivity contribution in [1.29, 1.82) is 0 Å². The van der Waals surface area contributed by atoms with Gasteiger partial charge in [0, 0.05) is 10.6 Å². The number of sulfonamides is 1. The number of carbonyl (C=O) groups excluding carboxylic acids is 1. The van der Waals surface area contributed by atoms with E-state index in [4.69, 9.17) is 32.8 Å². The number of hydrogen-bond donors (Lipinski definition) is 2. The van der Waals surface area contributed by atoms with Gasteiger partial charge in [-0.05, 0) is 55.0 Å². The summed E-state index contributed by atoms with van der Waals surface area (Å²) < 4.78 is 28.3. The molecule has 28 heavy (non-hydrogen) atoms. The zero-order chi connectivity index (χ0) is 20.5. The summed E-state index contributed by atoms with van der Waals surface area (Å²) in [6.45, 7) is 1.77. The molecule has 3 aromatic rings. The molecule has 1 atom stereocenters. The summed E-state index contributed by atoms with van der Waals surface area (Å²) in [5.41, 5.74) is 1.34. The predicted octanol–water partition coefficient (Wildman–Crippen LogP) is 4.39. The third kappa shape index (κ3) is 4.56. The van der Waals surface area contributed by atoms with Crippen LogP contribution in [0.2, 0.25) is 10.0 Å². The Hall–Kier alpha value is -2.32. The molecule has 0 aliphatic rings. The van der Waals surface area contributed by atoms with E-state index in [1.54, 1.807) is 49.4 Å². The molecule has 0 saturated heterocycles. The topological polar surface area (TPSA) is 102 Å². The van der Waals surface area contributed by atoms with Crippen molar-refractivity contribution in [3.05, 3.63) is 76.0 Å². The predicted molar refractivity (Wildman–Crippen MR) is 108 cm³/mol. The van der Waals surface area contributed by atoms with Crippen molar-refractivity contribution in [2.75, 3.05) is 0 Å². The summed E-state index contributed by atoms with van der Waals surface area (Å²) in [4.78, 5) is 12.5. The van der Waals surface area contributed by atoms with Crippen molar-refractivity contribution in [2.24, 2.45) is 5.14 Å². The van der Waals surface area contributed by atoms with E-state index >= 15 is 0 Å². The smallest absolute Gasteiger partial charge is 0.287 e. The van der Waals surface area contributed by atoms with Crippen molar-refractivity contribution < 1.29 is 17.6 Å². The number of hydrogen-bond acceptors (Lipinski definition) is 4. The fourth-order valence-electron chi connectivity index (χ4n) is 2.59. The zero-order valence-corrected chi connectivity index (χ0v) is 17.0. The Morgan fingerprint density at radius 2 is 1.75 bits per heavy atom. The van der Waals surface area contributed by atoms with Crippen LogP contribution >= 0.6 is 23.2 Å². The zero-order valence-electron chi connectivity index (χ0n) is 14.6. The number of amides is 1. The van der Waals surface area contributed by atoms with E-state index in [-0.39, 0.29) is 16.7 Å². The monoisotopic (exact) mass is 438 g/mol. The highest BCUT2D eigenvalue weighted by molar-refractivity contribution is 7.89. The highest BCUT2D eigenvalue weighted by Gasteiger charge is 2.17. The minimum absolute atomic E-state index is 0.00490. The van der Waals surface area contributed by atoms with Gasteiger partial charge in [-0.3, -0.25) is 4.79 Å². The molecule has 1 amide bonds. The van der Waals surface area contributed by atoms with Gasteiger partial charge in [0.2, 0.25) is 10.0 Å². The van der Waals surface area contributed by atoms with E-state index in [2.05, 4.69) is 5.32 Å². The lowest BCUT2D eigenvalue weighted by Gasteiger charge is -2.13. The molecule has 1 heterocycles. The summed E-state index contributed by atoms with van der Waals surface area (Å²) in [5.74, 6) is 0.144. The molecule has 0 saturated carbocycles. The second kappa shape index (κ2) is 7.97. The average molecular weight is 439 g/mol. The maximum absolute atomic E-state index is 12.5. The number of furan rings is 1. The number of nitrogens with two attached hydrogens (primary N) is 1. The van der Waals surface area contributed by atoms with Crippen LogP contribution in [0, 0.1) is 0 Å². The van der Waals surface area contributed by atoms with Crippen LogP contribution < -0.4 is 10.5 Å². The van der Waals surface area contributed by atoms with Crippen LogP contribution in [0.25, 0.3) is 11.3 Å². The van der Waals surface area contributed by atoms with Gasteiger partial charge >= 0.3 is 0 Å². The molecule has 146 valence electrons. The standard InChI is InChI=1S/C19H16Cl2N2O4S/c1-11(12-2-5-14(6-3-12)28(22,25)26)23-19(24)18-9-8-17(27-18)15-7-4-13(20)10-16(15)21/h2-11H,1H3,(H,23,24)(H2,22,25,26)/t11-/m0/s1. The minimum Gasteiger partial charge on any atom is -0.451 e. The van der Waals surface area contributed by atoms with E-state index < -0.39 is 15.9 Å². The Morgan fingerprint density at radius 3 is 2.36 bits per heavy atom. The van der Waals surface area contributed by atoms with Crippen molar-refractivity contribution in [1.82, 2.24) is 5.32 Å².